The Morgan fingerprint density at radius 2 is 1.88 bits per heavy atom. The monoisotopic (exact) mass is 459 g/mol. The first-order valence-corrected chi connectivity index (χ1v) is 11.2. The van der Waals surface area contributed by atoms with Crippen LogP contribution in [0.3, 0.4) is 0 Å². The van der Waals surface area contributed by atoms with Crippen LogP contribution in [0.15, 0.2) is 79.0 Å². The minimum Gasteiger partial charge on any atom is -0.361 e. The summed E-state index contributed by atoms with van der Waals surface area (Å²) in [5.41, 5.74) is 6.25. The van der Waals surface area contributed by atoms with Crippen molar-refractivity contribution in [3.05, 3.63) is 118 Å². The van der Waals surface area contributed by atoms with Crippen molar-refractivity contribution in [2.24, 2.45) is 0 Å². The Morgan fingerprint density at radius 1 is 1.03 bits per heavy atom. The van der Waals surface area contributed by atoms with Gasteiger partial charge in [-0.1, -0.05) is 41.9 Å². The van der Waals surface area contributed by atoms with Gasteiger partial charge in [0.1, 0.15) is 5.82 Å². The number of anilines is 2. The molecule has 0 atom stereocenters. The summed E-state index contributed by atoms with van der Waals surface area (Å²) in [6.07, 6.45) is 2.11. The fraction of sp³-hybridized carbons (Fsp3) is 0.148. The van der Waals surface area contributed by atoms with E-state index in [0.717, 1.165) is 18.7 Å². The highest BCUT2D eigenvalue weighted by Gasteiger charge is 2.20. The van der Waals surface area contributed by atoms with E-state index in [1.54, 1.807) is 19.1 Å². The second-order valence-corrected chi connectivity index (χ2v) is 8.74. The number of nitrogens with zero attached hydrogens (tertiary/aromatic N) is 2. The lowest BCUT2D eigenvalue weighted by molar-refractivity contribution is 0.102. The highest BCUT2D eigenvalue weighted by molar-refractivity contribution is 6.31. The number of benzene rings is 3. The summed E-state index contributed by atoms with van der Waals surface area (Å²) in [5.74, 6) is -0.805. The quantitative estimate of drug-likeness (QED) is 0.383. The van der Waals surface area contributed by atoms with Crippen LogP contribution in [-0.4, -0.2) is 10.5 Å². The Balaban J connectivity index is 1.38. The van der Waals surface area contributed by atoms with Crippen LogP contribution in [0.4, 0.5) is 15.8 Å². The van der Waals surface area contributed by atoms with E-state index in [9.17, 15) is 9.18 Å². The molecule has 0 saturated heterocycles. The molecule has 2 heterocycles. The molecule has 0 radical (unpaired) electrons. The van der Waals surface area contributed by atoms with Gasteiger partial charge in [-0.05, 0) is 66.1 Å². The molecule has 0 unspecified atom stereocenters. The molecule has 4 aromatic rings. The van der Waals surface area contributed by atoms with Crippen LogP contribution >= 0.6 is 11.6 Å². The van der Waals surface area contributed by atoms with Gasteiger partial charge in [-0.15, -0.1) is 0 Å². The van der Waals surface area contributed by atoms with Crippen molar-refractivity contribution in [1.82, 2.24) is 4.57 Å². The largest absolute Gasteiger partial charge is 0.361 e. The van der Waals surface area contributed by atoms with E-state index >= 15 is 0 Å². The lowest BCUT2D eigenvalue weighted by Gasteiger charge is -2.25. The molecule has 1 aliphatic heterocycles. The fourth-order valence-electron chi connectivity index (χ4n) is 4.30. The molecule has 0 fully saturated rings. The molecule has 0 spiro atoms. The zero-order chi connectivity index (χ0) is 22.9. The number of fused-ring (bicyclic) bond motifs is 2. The van der Waals surface area contributed by atoms with Crippen LogP contribution in [0.2, 0.25) is 5.02 Å². The number of rotatable bonds is 4. The molecule has 6 heteroatoms. The molecule has 166 valence electrons. The first kappa shape index (κ1) is 21.3. The highest BCUT2D eigenvalue weighted by atomic mass is 35.5. The van der Waals surface area contributed by atoms with E-state index in [2.05, 4.69) is 57.4 Å². The fourth-order valence-corrected chi connectivity index (χ4v) is 4.54. The van der Waals surface area contributed by atoms with Crippen LogP contribution in [0.5, 0.6) is 0 Å². The van der Waals surface area contributed by atoms with E-state index in [-0.39, 0.29) is 5.91 Å². The Bertz CT molecular complexity index is 1350. The van der Waals surface area contributed by atoms with Crippen LogP contribution in [-0.2, 0) is 19.6 Å². The van der Waals surface area contributed by atoms with E-state index in [0.29, 0.717) is 28.4 Å². The van der Waals surface area contributed by atoms with Crippen molar-refractivity contribution in [2.45, 2.75) is 26.6 Å². The second kappa shape index (κ2) is 8.75. The average Bonchev–Trinajstić information content (AvgIpc) is 3.17. The number of carbonyl (C=O) groups excluding carboxylic acids is 1. The molecule has 33 heavy (non-hydrogen) atoms. The number of amides is 1. The van der Waals surface area contributed by atoms with Crippen molar-refractivity contribution in [1.29, 1.82) is 0 Å². The number of hydrogen-bond donors (Lipinski definition) is 1. The smallest absolute Gasteiger partial charge is 0.256 e. The summed E-state index contributed by atoms with van der Waals surface area (Å²) in [7, 11) is 0. The lowest BCUT2D eigenvalue weighted by atomic mass is 10.1. The number of nitrogens with one attached hydrogen (secondary N) is 1. The first-order chi connectivity index (χ1) is 16.0. The number of halogens is 2. The zero-order valence-electron chi connectivity index (χ0n) is 18.2. The van der Waals surface area contributed by atoms with E-state index < -0.39 is 5.82 Å². The summed E-state index contributed by atoms with van der Waals surface area (Å²) >= 11 is 6.64. The maximum Gasteiger partial charge on any atom is 0.256 e. The van der Waals surface area contributed by atoms with Crippen LogP contribution < -0.4 is 10.2 Å². The molecule has 0 saturated carbocycles. The van der Waals surface area contributed by atoms with Gasteiger partial charge in [0, 0.05) is 46.9 Å². The third kappa shape index (κ3) is 4.37. The first-order valence-electron chi connectivity index (χ1n) is 10.8. The molecule has 1 aromatic heterocycles. The van der Waals surface area contributed by atoms with Crippen molar-refractivity contribution in [2.75, 3.05) is 10.2 Å². The topological polar surface area (TPSA) is 37.3 Å². The van der Waals surface area contributed by atoms with E-state index in [1.165, 1.54) is 29.1 Å². The summed E-state index contributed by atoms with van der Waals surface area (Å²) in [4.78, 5) is 15.0. The molecule has 5 rings (SSSR count). The van der Waals surface area contributed by atoms with Gasteiger partial charge in [-0.2, -0.15) is 0 Å². The molecular formula is C27H23ClFN3O. The van der Waals surface area contributed by atoms with Crippen molar-refractivity contribution < 1.29 is 9.18 Å². The maximum absolute atomic E-state index is 13.6. The summed E-state index contributed by atoms with van der Waals surface area (Å²) in [5, 5.41) is 3.40. The summed E-state index contributed by atoms with van der Waals surface area (Å²) in [6.45, 7) is 4.03. The maximum atomic E-state index is 13.6. The van der Waals surface area contributed by atoms with Gasteiger partial charge in [-0.25, -0.2) is 4.39 Å². The molecule has 4 nitrogen and oxygen atoms in total. The average molecular weight is 460 g/mol. The zero-order valence-corrected chi connectivity index (χ0v) is 18.9. The summed E-state index contributed by atoms with van der Waals surface area (Å²) in [6, 6.07) is 22.3. The number of aryl methyl sites for hydroxylation is 1. The summed E-state index contributed by atoms with van der Waals surface area (Å²) < 4.78 is 15.9. The molecule has 0 bridgehead atoms. The number of hydrogen-bond acceptors (Lipinski definition) is 2. The number of aromatic nitrogens is 1. The van der Waals surface area contributed by atoms with Crippen LogP contribution in [0.1, 0.15) is 32.7 Å². The lowest BCUT2D eigenvalue weighted by Crippen LogP contribution is -2.22. The Kier molecular flexibility index (Phi) is 5.65. The van der Waals surface area contributed by atoms with Gasteiger partial charge in [0.15, 0.2) is 0 Å². The third-order valence-electron chi connectivity index (χ3n) is 6.07. The van der Waals surface area contributed by atoms with Gasteiger partial charge < -0.3 is 14.8 Å². The van der Waals surface area contributed by atoms with Gasteiger partial charge >= 0.3 is 0 Å². The van der Waals surface area contributed by atoms with Gasteiger partial charge in [-0.3, -0.25) is 4.79 Å². The predicted molar refractivity (Wildman–Crippen MR) is 130 cm³/mol. The Hall–Kier alpha value is -3.57. The number of carbonyl (C=O) groups is 1. The SMILES string of the molecule is Cc1ccc(F)cc1C(=O)Nc1ccc(CN2Cc3cccn3Cc3ccccc32)c(Cl)c1. The molecule has 1 amide bonds. The third-order valence-corrected chi connectivity index (χ3v) is 6.42. The minimum atomic E-state index is -0.442. The minimum absolute atomic E-state index is 0.305. The van der Waals surface area contributed by atoms with Crippen molar-refractivity contribution >= 4 is 28.9 Å². The normalized spacial score (nSPS) is 12.6. The Morgan fingerprint density at radius 3 is 2.73 bits per heavy atom. The van der Waals surface area contributed by atoms with Gasteiger partial charge in [0.05, 0.1) is 6.54 Å². The molecule has 3 aromatic carbocycles. The van der Waals surface area contributed by atoms with Crippen LogP contribution in [0.25, 0.3) is 0 Å². The van der Waals surface area contributed by atoms with E-state index in [4.69, 9.17) is 11.6 Å². The van der Waals surface area contributed by atoms with Crippen LogP contribution in [0, 0.1) is 12.7 Å². The van der Waals surface area contributed by atoms with E-state index in [1.807, 2.05) is 12.1 Å². The van der Waals surface area contributed by atoms with Crippen molar-refractivity contribution in [3.63, 3.8) is 0 Å². The predicted octanol–water partition coefficient (Wildman–Crippen LogP) is 6.41. The molecular weight excluding hydrogens is 437 g/mol. The highest BCUT2D eigenvalue weighted by Crippen LogP contribution is 2.31. The standard InChI is InChI=1S/C27H23ClFN3O/c1-18-8-10-21(29)13-24(18)27(33)30-22-11-9-19(25(28)14-22)15-32-17-23-6-4-12-31(23)16-20-5-2-3-7-26(20)32/h2-14H,15-17H2,1H3,(H,30,33). The Labute approximate surface area is 197 Å². The molecule has 0 aliphatic carbocycles. The van der Waals surface area contributed by atoms with Gasteiger partial charge in [0.25, 0.3) is 5.91 Å². The number of para-hydroxylation sites is 1. The molecule has 1 N–H and O–H groups in total. The molecule has 1 aliphatic rings. The van der Waals surface area contributed by atoms with Crippen molar-refractivity contribution in [3.8, 4) is 0 Å². The second-order valence-electron chi connectivity index (χ2n) is 8.33. The van der Waals surface area contributed by atoms with Gasteiger partial charge in [0.2, 0.25) is 0 Å².